The van der Waals surface area contributed by atoms with E-state index in [9.17, 15) is 26.3 Å². The van der Waals surface area contributed by atoms with Gasteiger partial charge < -0.3 is 14.2 Å². The zero-order valence-electron chi connectivity index (χ0n) is 21.6. The lowest BCUT2D eigenvalue weighted by Gasteiger charge is -2.24. The van der Waals surface area contributed by atoms with Gasteiger partial charge in [-0.3, -0.25) is 4.31 Å². The van der Waals surface area contributed by atoms with Crippen LogP contribution in [-0.2, 0) is 18.9 Å². The molecule has 222 valence electrons. The second-order valence-electron chi connectivity index (χ2n) is 8.43. The molecule has 0 aliphatic heterocycles. The molecule has 0 unspecified atom stereocenters. The number of alkyl halides is 6. The Labute approximate surface area is 238 Å². The third kappa shape index (κ3) is 7.32. The van der Waals surface area contributed by atoms with Crippen LogP contribution in [0.3, 0.4) is 0 Å². The lowest BCUT2D eigenvalue weighted by Crippen LogP contribution is -2.16. The smallest absolute Gasteiger partial charge is 0.416 e. The SMILES string of the molecule is COc1ccc(CN(Sc2cc(F)c(Oc3cc(C(F)(F)F)cc(C(F)(F)F)c3)cc2F)c2ccncn2)c(OC)c1. The van der Waals surface area contributed by atoms with Crippen LogP contribution in [0.4, 0.5) is 40.9 Å². The van der Waals surface area contributed by atoms with Gasteiger partial charge in [-0.15, -0.1) is 0 Å². The van der Waals surface area contributed by atoms with Crippen LogP contribution in [0.1, 0.15) is 16.7 Å². The van der Waals surface area contributed by atoms with Gasteiger partial charge in [0.2, 0.25) is 0 Å². The number of hydrogen-bond acceptors (Lipinski definition) is 7. The minimum absolute atomic E-state index is 0.0681. The van der Waals surface area contributed by atoms with E-state index in [1.54, 1.807) is 18.2 Å². The van der Waals surface area contributed by atoms with Crippen molar-refractivity contribution in [2.75, 3.05) is 18.5 Å². The molecule has 0 saturated carbocycles. The summed E-state index contributed by atoms with van der Waals surface area (Å²) in [4.78, 5) is 7.70. The van der Waals surface area contributed by atoms with Crippen LogP contribution in [0.2, 0.25) is 0 Å². The van der Waals surface area contributed by atoms with Gasteiger partial charge in [-0.25, -0.2) is 18.7 Å². The Morgan fingerprint density at radius 2 is 1.45 bits per heavy atom. The van der Waals surface area contributed by atoms with Crippen molar-refractivity contribution in [1.82, 2.24) is 9.97 Å². The first-order chi connectivity index (χ1) is 19.8. The van der Waals surface area contributed by atoms with Crippen LogP contribution in [0.25, 0.3) is 0 Å². The first kappa shape index (κ1) is 30.7. The lowest BCUT2D eigenvalue weighted by molar-refractivity contribution is -0.143. The summed E-state index contributed by atoms with van der Waals surface area (Å²) in [7, 11) is 2.92. The normalized spacial score (nSPS) is 11.8. The van der Waals surface area contributed by atoms with E-state index in [4.69, 9.17) is 14.2 Å². The number of benzene rings is 3. The largest absolute Gasteiger partial charge is 0.497 e. The third-order valence-electron chi connectivity index (χ3n) is 5.61. The Morgan fingerprint density at radius 1 is 0.762 bits per heavy atom. The second-order valence-corrected chi connectivity index (χ2v) is 9.49. The maximum absolute atomic E-state index is 15.2. The van der Waals surface area contributed by atoms with Crippen LogP contribution in [-0.4, -0.2) is 24.2 Å². The number of hydrogen-bond donors (Lipinski definition) is 0. The van der Waals surface area contributed by atoms with Crippen LogP contribution in [0.15, 0.2) is 72.0 Å². The molecule has 0 fully saturated rings. The Hall–Kier alpha value is -4.27. The average molecular weight is 618 g/mol. The van der Waals surface area contributed by atoms with Gasteiger partial charge >= 0.3 is 12.4 Å². The number of rotatable bonds is 9. The van der Waals surface area contributed by atoms with Crippen molar-refractivity contribution in [3.63, 3.8) is 0 Å². The fourth-order valence-electron chi connectivity index (χ4n) is 3.62. The number of aromatic nitrogens is 2. The highest BCUT2D eigenvalue weighted by molar-refractivity contribution is 8.00. The Bertz CT molecular complexity index is 1520. The summed E-state index contributed by atoms with van der Waals surface area (Å²) in [6.07, 6.45) is -7.63. The maximum atomic E-state index is 15.2. The van der Waals surface area contributed by atoms with Gasteiger partial charge in [0.05, 0.1) is 36.8 Å². The Morgan fingerprint density at radius 3 is 2.02 bits per heavy atom. The molecule has 0 atom stereocenters. The summed E-state index contributed by atoms with van der Waals surface area (Å²) < 4.78 is 126. The molecule has 0 spiro atoms. The highest BCUT2D eigenvalue weighted by atomic mass is 32.2. The van der Waals surface area contributed by atoms with Gasteiger partial charge in [-0.05, 0) is 54.4 Å². The number of halogens is 8. The molecule has 15 heteroatoms. The molecule has 0 bridgehead atoms. The Kier molecular flexibility index (Phi) is 8.99. The number of ether oxygens (including phenoxy) is 3. The summed E-state index contributed by atoms with van der Waals surface area (Å²) in [6, 6.07) is 8.15. The van der Waals surface area contributed by atoms with E-state index in [2.05, 4.69) is 9.97 Å². The summed E-state index contributed by atoms with van der Waals surface area (Å²) in [6.45, 7) is 0.0681. The number of methoxy groups -OCH3 is 2. The molecule has 4 aromatic rings. The van der Waals surface area contributed by atoms with Gasteiger partial charge in [-0.1, -0.05) is 0 Å². The maximum Gasteiger partial charge on any atom is 0.416 e. The van der Waals surface area contributed by atoms with Gasteiger partial charge in [0.1, 0.15) is 35.2 Å². The average Bonchev–Trinajstić information content (AvgIpc) is 2.94. The van der Waals surface area contributed by atoms with Crippen molar-refractivity contribution in [2.45, 2.75) is 23.8 Å². The summed E-state index contributed by atoms with van der Waals surface area (Å²) >= 11 is 0.721. The van der Waals surface area contributed by atoms with E-state index >= 15 is 8.78 Å². The summed E-state index contributed by atoms with van der Waals surface area (Å²) in [5, 5.41) is 0. The van der Waals surface area contributed by atoms with Gasteiger partial charge in [0.25, 0.3) is 0 Å². The van der Waals surface area contributed by atoms with E-state index < -0.39 is 46.6 Å². The molecular weight excluding hydrogens is 598 g/mol. The van der Waals surface area contributed by atoms with Crippen molar-refractivity contribution in [3.8, 4) is 23.0 Å². The van der Waals surface area contributed by atoms with E-state index in [-0.39, 0.29) is 29.6 Å². The number of anilines is 1. The molecule has 1 heterocycles. The molecule has 6 nitrogen and oxygen atoms in total. The molecule has 0 saturated heterocycles. The fourth-order valence-corrected chi connectivity index (χ4v) is 4.56. The van der Waals surface area contributed by atoms with Crippen LogP contribution < -0.4 is 18.5 Å². The predicted octanol–water partition coefficient (Wildman–Crippen LogP) is 8.32. The fraction of sp³-hybridized carbons (Fsp3) is 0.185. The van der Waals surface area contributed by atoms with Gasteiger partial charge in [-0.2, -0.15) is 26.3 Å². The quantitative estimate of drug-likeness (QED) is 0.138. The highest BCUT2D eigenvalue weighted by Gasteiger charge is 2.37. The van der Waals surface area contributed by atoms with Crippen LogP contribution in [0.5, 0.6) is 23.0 Å². The summed E-state index contributed by atoms with van der Waals surface area (Å²) in [5.41, 5.74) is -2.72. The zero-order chi connectivity index (χ0) is 30.7. The molecule has 0 aliphatic rings. The monoisotopic (exact) mass is 617 g/mol. The van der Waals surface area contributed by atoms with Gasteiger partial charge in [0, 0.05) is 23.9 Å². The first-order valence-electron chi connectivity index (χ1n) is 11.7. The molecule has 0 aliphatic carbocycles. The molecule has 0 N–H and O–H groups in total. The van der Waals surface area contributed by atoms with E-state index in [0.717, 1.165) is 11.9 Å². The Balaban J connectivity index is 1.66. The van der Waals surface area contributed by atoms with Crippen molar-refractivity contribution in [3.05, 3.63) is 95.4 Å². The minimum Gasteiger partial charge on any atom is -0.497 e. The van der Waals surface area contributed by atoms with Crippen LogP contribution in [0, 0.1) is 11.6 Å². The lowest BCUT2D eigenvalue weighted by atomic mass is 10.1. The van der Waals surface area contributed by atoms with Crippen molar-refractivity contribution in [2.24, 2.45) is 0 Å². The molecule has 3 aromatic carbocycles. The second kappa shape index (κ2) is 12.3. The molecule has 42 heavy (non-hydrogen) atoms. The number of nitrogens with zero attached hydrogens (tertiary/aromatic N) is 3. The van der Waals surface area contributed by atoms with E-state index in [1.165, 1.54) is 37.1 Å². The van der Waals surface area contributed by atoms with E-state index in [1.807, 2.05) is 0 Å². The standard InChI is InChI=1S/C27H19F8N3O3S/c1-39-18-4-3-15(22(10-18)40-2)13-38(25-5-6-36-14-37-25)42-24-12-20(28)23(11-21(24)29)41-19-8-16(26(30,31)32)7-17(9-19)27(33,34)35/h3-12,14H,13H2,1-2H3. The first-order valence-corrected chi connectivity index (χ1v) is 12.4. The molecule has 4 rings (SSSR count). The molecule has 0 amide bonds. The molecule has 1 aromatic heterocycles. The highest BCUT2D eigenvalue weighted by Crippen LogP contribution is 2.41. The van der Waals surface area contributed by atoms with Crippen molar-refractivity contribution >= 4 is 17.8 Å². The molecule has 0 radical (unpaired) electrons. The topological polar surface area (TPSA) is 56.7 Å². The van der Waals surface area contributed by atoms with Crippen LogP contribution >= 0.6 is 11.9 Å². The zero-order valence-corrected chi connectivity index (χ0v) is 22.4. The predicted molar refractivity (Wildman–Crippen MR) is 136 cm³/mol. The minimum atomic E-state index is -5.15. The van der Waals surface area contributed by atoms with E-state index in [0.29, 0.717) is 35.0 Å². The van der Waals surface area contributed by atoms with Gasteiger partial charge in [0.15, 0.2) is 11.6 Å². The van der Waals surface area contributed by atoms with Crippen molar-refractivity contribution < 1.29 is 49.3 Å². The third-order valence-corrected chi connectivity index (χ3v) is 6.66. The summed E-state index contributed by atoms with van der Waals surface area (Å²) in [5.74, 6) is -2.96. The van der Waals surface area contributed by atoms with Crippen molar-refractivity contribution in [1.29, 1.82) is 0 Å². The molecular formula is C27H19F8N3O3S.